The lowest BCUT2D eigenvalue weighted by Gasteiger charge is -2.26. The predicted molar refractivity (Wildman–Crippen MR) is 39.1 cm³/mol. The molecule has 0 saturated carbocycles. The smallest absolute Gasteiger partial charge is 0.227 e. The first-order chi connectivity index (χ1) is 4.61. The molecule has 1 aliphatic heterocycles. The van der Waals surface area contributed by atoms with Crippen molar-refractivity contribution in [2.75, 3.05) is 7.05 Å². The van der Waals surface area contributed by atoms with Crippen LogP contribution in [0.25, 0.3) is 0 Å². The number of aliphatic hydroxyl groups is 1. The average Bonchev–Trinajstić information content (AvgIpc) is 1.82. The van der Waals surface area contributed by atoms with Crippen LogP contribution in [-0.4, -0.2) is 29.2 Å². The Morgan fingerprint density at radius 3 is 2.90 bits per heavy atom. The number of aliphatic imine (C=N–C) groups is 1. The fourth-order valence-corrected chi connectivity index (χ4v) is 0.755. The standard InChI is InChI=1S/C6H11N3O/c1-4-3-5(7)8-6(10)9(4)2/h3,6,10H,1-2H3,(H2,7,8). The third-order valence-corrected chi connectivity index (χ3v) is 1.52. The van der Waals surface area contributed by atoms with Gasteiger partial charge >= 0.3 is 0 Å². The zero-order chi connectivity index (χ0) is 7.72. The van der Waals surface area contributed by atoms with Crippen molar-refractivity contribution >= 4 is 5.84 Å². The molecular weight excluding hydrogens is 130 g/mol. The fourth-order valence-electron chi connectivity index (χ4n) is 0.755. The quantitative estimate of drug-likeness (QED) is 0.476. The van der Waals surface area contributed by atoms with Gasteiger partial charge in [-0.15, -0.1) is 0 Å². The van der Waals surface area contributed by atoms with E-state index in [-0.39, 0.29) is 0 Å². The van der Waals surface area contributed by atoms with E-state index < -0.39 is 6.35 Å². The number of allylic oxidation sites excluding steroid dienone is 1. The maximum absolute atomic E-state index is 9.14. The van der Waals surface area contributed by atoms with Crippen LogP contribution in [0.15, 0.2) is 16.8 Å². The maximum atomic E-state index is 9.14. The lowest BCUT2D eigenvalue weighted by molar-refractivity contribution is 0.0524. The second-order valence-electron chi connectivity index (χ2n) is 2.30. The van der Waals surface area contributed by atoms with Crippen molar-refractivity contribution in [3.05, 3.63) is 11.8 Å². The van der Waals surface area contributed by atoms with Crippen molar-refractivity contribution in [3.63, 3.8) is 0 Å². The monoisotopic (exact) mass is 141 g/mol. The van der Waals surface area contributed by atoms with Crippen LogP contribution in [0, 0.1) is 0 Å². The minimum atomic E-state index is -0.815. The first kappa shape index (κ1) is 7.08. The lowest BCUT2D eigenvalue weighted by Crippen LogP contribution is -2.34. The highest BCUT2D eigenvalue weighted by atomic mass is 16.3. The van der Waals surface area contributed by atoms with Gasteiger partial charge in [0, 0.05) is 12.7 Å². The molecule has 0 aromatic rings. The molecule has 0 radical (unpaired) electrons. The Kier molecular flexibility index (Phi) is 1.63. The van der Waals surface area contributed by atoms with Gasteiger partial charge in [0.2, 0.25) is 6.35 Å². The zero-order valence-electron chi connectivity index (χ0n) is 6.07. The number of amidine groups is 1. The normalized spacial score (nSPS) is 25.9. The van der Waals surface area contributed by atoms with Gasteiger partial charge in [0.15, 0.2) is 0 Å². The van der Waals surface area contributed by atoms with Crippen LogP contribution in [0.4, 0.5) is 0 Å². The number of hydrogen-bond acceptors (Lipinski definition) is 4. The summed E-state index contributed by atoms with van der Waals surface area (Å²) in [6.07, 6.45) is 0.900. The molecule has 4 nitrogen and oxygen atoms in total. The van der Waals surface area contributed by atoms with Gasteiger partial charge in [0.25, 0.3) is 0 Å². The SMILES string of the molecule is CC1=CC(N)=NC(O)N1C. The minimum Gasteiger partial charge on any atom is -0.384 e. The van der Waals surface area contributed by atoms with Crippen molar-refractivity contribution in [1.82, 2.24) is 4.90 Å². The van der Waals surface area contributed by atoms with Gasteiger partial charge in [-0.1, -0.05) is 0 Å². The third-order valence-electron chi connectivity index (χ3n) is 1.52. The van der Waals surface area contributed by atoms with Crippen LogP contribution in [0.3, 0.4) is 0 Å². The first-order valence-corrected chi connectivity index (χ1v) is 3.04. The number of hydrogen-bond donors (Lipinski definition) is 2. The van der Waals surface area contributed by atoms with E-state index in [1.54, 1.807) is 18.0 Å². The van der Waals surface area contributed by atoms with Gasteiger partial charge in [-0.25, -0.2) is 4.99 Å². The molecule has 0 fully saturated rings. The van der Waals surface area contributed by atoms with E-state index in [1.807, 2.05) is 6.92 Å². The van der Waals surface area contributed by atoms with E-state index in [0.717, 1.165) is 5.70 Å². The zero-order valence-corrected chi connectivity index (χ0v) is 6.07. The van der Waals surface area contributed by atoms with E-state index in [9.17, 15) is 0 Å². The van der Waals surface area contributed by atoms with Crippen LogP contribution < -0.4 is 5.73 Å². The maximum Gasteiger partial charge on any atom is 0.227 e. The van der Waals surface area contributed by atoms with Gasteiger partial charge in [-0.3, -0.25) is 0 Å². The Bertz CT molecular complexity index is 197. The van der Waals surface area contributed by atoms with E-state index in [4.69, 9.17) is 10.8 Å². The molecule has 0 saturated heterocycles. The van der Waals surface area contributed by atoms with Gasteiger partial charge in [0.1, 0.15) is 5.84 Å². The molecule has 4 heteroatoms. The second-order valence-corrected chi connectivity index (χ2v) is 2.30. The summed E-state index contributed by atoms with van der Waals surface area (Å²) in [5, 5.41) is 9.14. The van der Waals surface area contributed by atoms with Crippen molar-refractivity contribution in [3.8, 4) is 0 Å². The van der Waals surface area contributed by atoms with E-state index >= 15 is 0 Å². The van der Waals surface area contributed by atoms with E-state index in [2.05, 4.69) is 4.99 Å². The topological polar surface area (TPSA) is 61.9 Å². The molecule has 0 aromatic carbocycles. The van der Waals surface area contributed by atoms with Crippen molar-refractivity contribution < 1.29 is 5.11 Å². The number of aliphatic hydroxyl groups excluding tert-OH is 1. The molecule has 1 rings (SSSR count). The lowest BCUT2D eigenvalue weighted by atomic mass is 10.3. The van der Waals surface area contributed by atoms with Crippen LogP contribution >= 0.6 is 0 Å². The summed E-state index contributed by atoms with van der Waals surface area (Å²) in [4.78, 5) is 5.35. The number of rotatable bonds is 0. The molecule has 3 N–H and O–H groups in total. The largest absolute Gasteiger partial charge is 0.384 e. The molecule has 0 amide bonds. The molecule has 0 aromatic heterocycles. The van der Waals surface area contributed by atoms with Gasteiger partial charge in [0.05, 0.1) is 0 Å². The summed E-state index contributed by atoms with van der Waals surface area (Å²) < 4.78 is 0. The molecule has 0 spiro atoms. The highest BCUT2D eigenvalue weighted by Gasteiger charge is 2.13. The molecule has 0 aliphatic carbocycles. The van der Waals surface area contributed by atoms with Crippen LogP contribution in [0.5, 0.6) is 0 Å². The summed E-state index contributed by atoms with van der Waals surface area (Å²) in [5.41, 5.74) is 6.28. The Morgan fingerprint density at radius 2 is 2.40 bits per heavy atom. The Balaban J connectivity index is 2.85. The van der Waals surface area contributed by atoms with Gasteiger partial charge in [-0.05, 0) is 13.0 Å². The van der Waals surface area contributed by atoms with E-state index in [0.29, 0.717) is 5.84 Å². The fraction of sp³-hybridized carbons (Fsp3) is 0.500. The summed E-state index contributed by atoms with van der Waals surface area (Å²) >= 11 is 0. The minimum absolute atomic E-state index is 0.378. The molecule has 1 atom stereocenters. The molecule has 1 heterocycles. The highest BCUT2D eigenvalue weighted by molar-refractivity contribution is 5.92. The molecule has 1 unspecified atom stereocenters. The van der Waals surface area contributed by atoms with Crippen molar-refractivity contribution in [1.29, 1.82) is 0 Å². The van der Waals surface area contributed by atoms with E-state index in [1.165, 1.54) is 0 Å². The number of nitrogens with zero attached hydrogens (tertiary/aromatic N) is 2. The van der Waals surface area contributed by atoms with Crippen LogP contribution in [-0.2, 0) is 0 Å². The Morgan fingerprint density at radius 1 is 1.80 bits per heavy atom. The third kappa shape index (κ3) is 1.11. The summed E-state index contributed by atoms with van der Waals surface area (Å²) in [6, 6.07) is 0. The molecular formula is C6H11N3O. The highest BCUT2D eigenvalue weighted by Crippen LogP contribution is 2.09. The Hall–Kier alpha value is -1.03. The van der Waals surface area contributed by atoms with Crippen LogP contribution in [0.2, 0.25) is 0 Å². The second kappa shape index (κ2) is 2.30. The van der Waals surface area contributed by atoms with Gasteiger partial charge < -0.3 is 15.7 Å². The summed E-state index contributed by atoms with van der Waals surface area (Å²) in [6.45, 7) is 1.87. The molecule has 1 aliphatic rings. The van der Waals surface area contributed by atoms with Gasteiger partial charge in [-0.2, -0.15) is 0 Å². The summed E-state index contributed by atoms with van der Waals surface area (Å²) in [5.74, 6) is 0.378. The molecule has 10 heavy (non-hydrogen) atoms. The molecule has 56 valence electrons. The Labute approximate surface area is 59.7 Å². The average molecular weight is 141 g/mol. The van der Waals surface area contributed by atoms with Crippen molar-refractivity contribution in [2.45, 2.75) is 13.3 Å². The summed E-state index contributed by atoms with van der Waals surface area (Å²) in [7, 11) is 1.76. The van der Waals surface area contributed by atoms with Crippen molar-refractivity contribution in [2.24, 2.45) is 10.7 Å². The number of nitrogens with two attached hydrogens (primary N) is 1. The molecule has 0 bridgehead atoms. The first-order valence-electron chi connectivity index (χ1n) is 3.04. The predicted octanol–water partition coefficient (Wildman–Crippen LogP) is -0.531. The van der Waals surface area contributed by atoms with Crippen LogP contribution in [0.1, 0.15) is 6.92 Å².